The van der Waals surface area contributed by atoms with Crippen molar-refractivity contribution in [2.75, 3.05) is 5.32 Å². The molecule has 3 aromatic rings. The molecule has 2 aromatic carbocycles. The van der Waals surface area contributed by atoms with E-state index in [4.69, 9.17) is 0 Å². The Morgan fingerprint density at radius 3 is 2.50 bits per heavy atom. The normalized spacial score (nSPS) is 18.0. The zero-order chi connectivity index (χ0) is 21.1. The number of aromatic nitrogens is 1. The first kappa shape index (κ1) is 20.2. The van der Waals surface area contributed by atoms with Crippen molar-refractivity contribution in [3.63, 3.8) is 0 Å². The van der Waals surface area contributed by atoms with Gasteiger partial charge in [-0.1, -0.05) is 12.1 Å². The van der Waals surface area contributed by atoms with Gasteiger partial charge in [-0.25, -0.2) is 17.5 Å². The van der Waals surface area contributed by atoms with E-state index >= 15 is 0 Å². The van der Waals surface area contributed by atoms with E-state index < -0.39 is 15.8 Å². The van der Waals surface area contributed by atoms with Crippen LogP contribution in [0.1, 0.15) is 23.5 Å². The molecule has 154 valence electrons. The van der Waals surface area contributed by atoms with Gasteiger partial charge in [0.15, 0.2) is 0 Å². The number of carbonyl (C=O) groups is 1. The molecule has 0 saturated heterocycles. The molecule has 2 unspecified atom stereocenters. The van der Waals surface area contributed by atoms with E-state index in [1.807, 2.05) is 12.1 Å². The Kier molecular flexibility index (Phi) is 5.61. The summed E-state index contributed by atoms with van der Waals surface area (Å²) in [6.45, 7) is -0.0172. The first-order chi connectivity index (χ1) is 14.4. The van der Waals surface area contributed by atoms with Crippen LogP contribution in [-0.4, -0.2) is 19.3 Å². The number of nitrogens with zero attached hydrogens (tertiary/aromatic N) is 1. The number of pyridine rings is 1. The minimum absolute atomic E-state index is 0.0172. The molecule has 1 saturated carbocycles. The Morgan fingerprint density at radius 2 is 1.80 bits per heavy atom. The third-order valence-electron chi connectivity index (χ3n) is 5.05. The molecule has 4 rings (SSSR count). The Labute approximate surface area is 174 Å². The van der Waals surface area contributed by atoms with Crippen molar-refractivity contribution in [3.05, 3.63) is 90.0 Å². The molecule has 1 amide bonds. The van der Waals surface area contributed by atoms with E-state index in [-0.39, 0.29) is 29.2 Å². The van der Waals surface area contributed by atoms with Gasteiger partial charge in [-0.05, 0) is 72.0 Å². The second-order valence-electron chi connectivity index (χ2n) is 7.20. The van der Waals surface area contributed by atoms with Gasteiger partial charge >= 0.3 is 0 Å². The fourth-order valence-corrected chi connectivity index (χ4v) is 4.34. The lowest BCUT2D eigenvalue weighted by atomic mass is 10.1. The molecule has 0 aliphatic heterocycles. The van der Waals surface area contributed by atoms with Crippen LogP contribution in [0.15, 0.2) is 78.0 Å². The number of hydrogen-bond donors (Lipinski definition) is 2. The van der Waals surface area contributed by atoms with Gasteiger partial charge in [-0.2, -0.15) is 0 Å². The van der Waals surface area contributed by atoms with Crippen molar-refractivity contribution in [1.82, 2.24) is 9.71 Å². The van der Waals surface area contributed by atoms with Gasteiger partial charge in [-0.3, -0.25) is 9.78 Å². The second kappa shape index (κ2) is 8.33. The van der Waals surface area contributed by atoms with Crippen molar-refractivity contribution < 1.29 is 17.6 Å². The predicted molar refractivity (Wildman–Crippen MR) is 111 cm³/mol. The highest BCUT2D eigenvalue weighted by atomic mass is 32.2. The van der Waals surface area contributed by atoms with Crippen LogP contribution in [0.4, 0.5) is 10.1 Å². The fraction of sp³-hybridized carbons (Fsp3) is 0.182. The van der Waals surface area contributed by atoms with Gasteiger partial charge in [-0.15, -0.1) is 0 Å². The van der Waals surface area contributed by atoms with Gasteiger partial charge in [0.05, 0.1) is 4.90 Å². The zero-order valence-corrected chi connectivity index (χ0v) is 16.8. The quantitative estimate of drug-likeness (QED) is 0.607. The average Bonchev–Trinajstić information content (AvgIpc) is 3.55. The Balaban J connectivity index is 1.35. The van der Waals surface area contributed by atoms with Crippen LogP contribution >= 0.6 is 0 Å². The Hall–Kier alpha value is -3.10. The van der Waals surface area contributed by atoms with Crippen molar-refractivity contribution >= 4 is 21.6 Å². The number of benzene rings is 2. The first-order valence-corrected chi connectivity index (χ1v) is 11.0. The zero-order valence-electron chi connectivity index (χ0n) is 16.0. The Morgan fingerprint density at radius 1 is 1.07 bits per heavy atom. The molecule has 0 bridgehead atoms. The van der Waals surface area contributed by atoms with Gasteiger partial charge < -0.3 is 5.32 Å². The minimum atomic E-state index is -3.76. The topological polar surface area (TPSA) is 88.2 Å². The third-order valence-corrected chi connectivity index (χ3v) is 6.47. The minimum Gasteiger partial charge on any atom is -0.326 e. The van der Waals surface area contributed by atoms with Crippen molar-refractivity contribution in [2.24, 2.45) is 5.92 Å². The summed E-state index contributed by atoms with van der Waals surface area (Å²) in [4.78, 5) is 16.5. The van der Waals surface area contributed by atoms with E-state index in [2.05, 4.69) is 15.0 Å². The van der Waals surface area contributed by atoms with E-state index in [0.29, 0.717) is 11.3 Å². The highest BCUT2D eigenvalue weighted by Crippen LogP contribution is 2.47. The number of nitrogens with one attached hydrogen (secondary N) is 2. The molecule has 8 heteroatoms. The summed E-state index contributed by atoms with van der Waals surface area (Å²) in [5, 5.41) is 2.83. The summed E-state index contributed by atoms with van der Waals surface area (Å²) in [6, 6.07) is 15.5. The molecule has 30 heavy (non-hydrogen) atoms. The molecular weight excluding hydrogens is 405 g/mol. The smallest absolute Gasteiger partial charge is 0.240 e. The maximum atomic E-state index is 13.2. The molecule has 0 spiro atoms. The predicted octanol–water partition coefficient (Wildman–Crippen LogP) is 3.44. The maximum absolute atomic E-state index is 13.2. The second-order valence-corrected chi connectivity index (χ2v) is 8.96. The number of anilines is 1. The van der Waals surface area contributed by atoms with Crippen molar-refractivity contribution in [1.29, 1.82) is 0 Å². The highest BCUT2D eigenvalue weighted by molar-refractivity contribution is 7.89. The van der Waals surface area contributed by atoms with Crippen LogP contribution in [0.2, 0.25) is 0 Å². The molecule has 1 aliphatic carbocycles. The molecule has 2 atom stereocenters. The third kappa shape index (κ3) is 4.72. The average molecular weight is 425 g/mol. The Bertz CT molecular complexity index is 1150. The van der Waals surface area contributed by atoms with Gasteiger partial charge in [0.2, 0.25) is 15.9 Å². The first-order valence-electron chi connectivity index (χ1n) is 9.47. The van der Waals surface area contributed by atoms with Crippen LogP contribution in [0.3, 0.4) is 0 Å². The molecule has 1 aliphatic rings. The molecule has 1 fully saturated rings. The SMILES string of the molecule is O=C(Nc1ccc(S(=O)(=O)NCc2cccc(F)c2)cc1)C1CC1c1ccncc1. The van der Waals surface area contributed by atoms with E-state index in [1.165, 1.54) is 30.3 Å². The van der Waals surface area contributed by atoms with Crippen LogP contribution in [0.5, 0.6) is 0 Å². The number of halogens is 1. The molecule has 0 radical (unpaired) electrons. The summed E-state index contributed by atoms with van der Waals surface area (Å²) in [5.41, 5.74) is 2.15. The molecular formula is C22H20FN3O3S. The van der Waals surface area contributed by atoms with Crippen LogP contribution < -0.4 is 10.0 Å². The highest BCUT2D eigenvalue weighted by Gasteiger charge is 2.43. The van der Waals surface area contributed by atoms with E-state index in [9.17, 15) is 17.6 Å². The molecule has 2 N–H and O–H groups in total. The monoisotopic (exact) mass is 425 g/mol. The fourth-order valence-electron chi connectivity index (χ4n) is 3.32. The summed E-state index contributed by atoms with van der Waals surface area (Å²) in [5.74, 6) is -0.409. The lowest BCUT2D eigenvalue weighted by Gasteiger charge is -2.09. The number of hydrogen-bond acceptors (Lipinski definition) is 4. The number of carbonyl (C=O) groups excluding carboxylic acids is 1. The number of amides is 1. The number of rotatable bonds is 7. The summed E-state index contributed by atoms with van der Waals surface area (Å²) >= 11 is 0. The van der Waals surface area contributed by atoms with Crippen molar-refractivity contribution in [3.8, 4) is 0 Å². The largest absolute Gasteiger partial charge is 0.326 e. The van der Waals surface area contributed by atoms with Gasteiger partial charge in [0, 0.05) is 30.5 Å². The summed E-state index contributed by atoms with van der Waals surface area (Å²) in [6.07, 6.45) is 4.21. The van der Waals surface area contributed by atoms with Gasteiger partial charge in [0.1, 0.15) is 5.82 Å². The lowest BCUT2D eigenvalue weighted by Crippen LogP contribution is -2.23. The van der Waals surface area contributed by atoms with E-state index in [0.717, 1.165) is 12.0 Å². The number of sulfonamides is 1. The van der Waals surface area contributed by atoms with Crippen LogP contribution in [0, 0.1) is 11.7 Å². The maximum Gasteiger partial charge on any atom is 0.240 e. The van der Waals surface area contributed by atoms with Crippen LogP contribution in [-0.2, 0) is 21.4 Å². The molecule has 6 nitrogen and oxygen atoms in total. The summed E-state index contributed by atoms with van der Waals surface area (Å²) in [7, 11) is -3.76. The lowest BCUT2D eigenvalue weighted by molar-refractivity contribution is -0.117. The van der Waals surface area contributed by atoms with Crippen LogP contribution in [0.25, 0.3) is 0 Å². The van der Waals surface area contributed by atoms with Gasteiger partial charge in [0.25, 0.3) is 0 Å². The summed E-state index contributed by atoms with van der Waals surface area (Å²) < 4.78 is 40.6. The standard InChI is InChI=1S/C22H20FN3O3S/c23-17-3-1-2-15(12-17)14-25-30(28,29)19-6-4-18(5-7-19)26-22(27)21-13-20(21)16-8-10-24-11-9-16/h1-12,20-21,25H,13-14H2,(H,26,27). The molecule has 1 aromatic heterocycles. The van der Waals surface area contributed by atoms with E-state index in [1.54, 1.807) is 30.6 Å². The molecule has 1 heterocycles. The van der Waals surface area contributed by atoms with Crippen molar-refractivity contribution in [2.45, 2.75) is 23.8 Å².